The molecule has 2 heterocycles. The third-order valence-corrected chi connectivity index (χ3v) is 8.19. The van der Waals surface area contributed by atoms with Crippen LogP contribution in [0.1, 0.15) is 31.7 Å². The van der Waals surface area contributed by atoms with Gasteiger partial charge in [-0.2, -0.15) is 0 Å². The van der Waals surface area contributed by atoms with Gasteiger partial charge in [-0.3, -0.25) is 9.69 Å². The zero-order valence-electron chi connectivity index (χ0n) is 17.0. The van der Waals surface area contributed by atoms with Crippen molar-refractivity contribution in [1.82, 2.24) is 9.62 Å². The van der Waals surface area contributed by atoms with Gasteiger partial charge in [0.25, 0.3) is 0 Å². The summed E-state index contributed by atoms with van der Waals surface area (Å²) in [6.07, 6.45) is 1.98. The standard InChI is InChI=1S/C22H27N3O3S2/c1-16-13-22(26)23-20-14-19(7-8-21(20)29-16)30(27,28)24-18-9-11-25(12-10-18)15-17-5-3-2-4-6-17/h2-8,14,16,18,24H,9-13,15H2,1H3,(H,23,26)/t16-/m1/s1. The number of thioether (sulfide) groups is 1. The molecule has 2 aliphatic heterocycles. The van der Waals surface area contributed by atoms with E-state index in [2.05, 4.69) is 27.1 Å². The lowest BCUT2D eigenvalue weighted by Crippen LogP contribution is -2.44. The Balaban J connectivity index is 1.39. The molecule has 160 valence electrons. The molecule has 0 aliphatic carbocycles. The quantitative estimate of drug-likeness (QED) is 0.737. The van der Waals surface area contributed by atoms with Crippen LogP contribution in [0.4, 0.5) is 5.69 Å². The summed E-state index contributed by atoms with van der Waals surface area (Å²) in [5, 5.41) is 3.00. The Hall–Kier alpha value is -1.87. The van der Waals surface area contributed by atoms with Crippen LogP contribution in [0, 0.1) is 0 Å². The van der Waals surface area contributed by atoms with Gasteiger partial charge in [-0.15, -0.1) is 11.8 Å². The van der Waals surface area contributed by atoms with E-state index in [-0.39, 0.29) is 22.1 Å². The molecule has 2 N–H and O–H groups in total. The highest BCUT2D eigenvalue weighted by Crippen LogP contribution is 2.36. The van der Waals surface area contributed by atoms with Crippen molar-refractivity contribution in [3.63, 3.8) is 0 Å². The molecule has 2 aliphatic rings. The van der Waals surface area contributed by atoms with E-state index in [1.807, 2.05) is 25.1 Å². The maximum atomic E-state index is 12.9. The Bertz CT molecular complexity index is 1000. The molecule has 1 saturated heterocycles. The number of piperidine rings is 1. The van der Waals surface area contributed by atoms with E-state index in [0.717, 1.165) is 37.4 Å². The lowest BCUT2D eigenvalue weighted by atomic mass is 10.1. The first kappa shape index (κ1) is 21.4. The molecule has 30 heavy (non-hydrogen) atoms. The van der Waals surface area contributed by atoms with Gasteiger partial charge in [-0.05, 0) is 36.6 Å². The number of hydrogen-bond acceptors (Lipinski definition) is 5. The number of benzene rings is 2. The molecule has 0 bridgehead atoms. The summed E-state index contributed by atoms with van der Waals surface area (Å²) in [5.41, 5.74) is 1.85. The summed E-state index contributed by atoms with van der Waals surface area (Å²) in [6, 6.07) is 15.2. The molecule has 2 aromatic rings. The fourth-order valence-electron chi connectivity index (χ4n) is 3.94. The molecule has 6 nitrogen and oxygen atoms in total. The summed E-state index contributed by atoms with van der Waals surface area (Å²) in [7, 11) is -3.64. The van der Waals surface area contributed by atoms with Crippen molar-refractivity contribution in [3.8, 4) is 0 Å². The van der Waals surface area contributed by atoms with Crippen LogP contribution < -0.4 is 10.0 Å². The number of hydrogen-bond donors (Lipinski definition) is 2. The number of likely N-dealkylation sites (tertiary alicyclic amines) is 1. The molecule has 0 spiro atoms. The van der Waals surface area contributed by atoms with E-state index in [1.54, 1.807) is 30.0 Å². The number of nitrogens with one attached hydrogen (secondary N) is 2. The van der Waals surface area contributed by atoms with Crippen molar-refractivity contribution < 1.29 is 13.2 Å². The second-order valence-electron chi connectivity index (χ2n) is 8.00. The number of sulfonamides is 1. The number of carbonyl (C=O) groups excluding carboxylic acids is 1. The van der Waals surface area contributed by atoms with E-state index >= 15 is 0 Å². The third-order valence-electron chi connectivity index (χ3n) is 5.49. The summed E-state index contributed by atoms with van der Waals surface area (Å²) < 4.78 is 28.8. The van der Waals surface area contributed by atoms with Crippen molar-refractivity contribution in [2.24, 2.45) is 0 Å². The second-order valence-corrected chi connectivity index (χ2v) is 11.2. The molecule has 8 heteroatoms. The molecule has 0 unspecified atom stereocenters. The number of nitrogens with zero attached hydrogens (tertiary/aromatic N) is 1. The minimum atomic E-state index is -3.64. The Morgan fingerprint density at radius 3 is 2.60 bits per heavy atom. The summed E-state index contributed by atoms with van der Waals surface area (Å²) in [6.45, 7) is 4.60. The van der Waals surface area contributed by atoms with Gasteiger partial charge in [0.15, 0.2) is 0 Å². The van der Waals surface area contributed by atoms with E-state index in [1.165, 1.54) is 5.56 Å². The number of carbonyl (C=O) groups is 1. The zero-order chi connectivity index (χ0) is 21.1. The average Bonchev–Trinajstić information content (AvgIpc) is 2.85. The van der Waals surface area contributed by atoms with Crippen LogP contribution in [-0.4, -0.2) is 43.6 Å². The lowest BCUT2D eigenvalue weighted by molar-refractivity contribution is -0.116. The molecule has 0 aromatic heterocycles. The van der Waals surface area contributed by atoms with Crippen molar-refractivity contribution >= 4 is 33.4 Å². The zero-order valence-corrected chi connectivity index (χ0v) is 18.6. The van der Waals surface area contributed by atoms with Gasteiger partial charge in [-0.25, -0.2) is 13.1 Å². The molecular formula is C22H27N3O3S2. The highest BCUT2D eigenvalue weighted by molar-refractivity contribution is 8.00. The molecule has 1 amide bonds. The van der Waals surface area contributed by atoms with Crippen molar-refractivity contribution in [2.45, 2.75) is 53.8 Å². The lowest BCUT2D eigenvalue weighted by Gasteiger charge is -2.32. The minimum absolute atomic E-state index is 0.0789. The van der Waals surface area contributed by atoms with Crippen LogP contribution in [0.2, 0.25) is 0 Å². The maximum Gasteiger partial charge on any atom is 0.240 e. The highest BCUT2D eigenvalue weighted by Gasteiger charge is 2.26. The normalized spacial score (nSPS) is 21.0. The Labute approximate surface area is 182 Å². The molecule has 1 atom stereocenters. The van der Waals surface area contributed by atoms with E-state index in [9.17, 15) is 13.2 Å². The predicted molar refractivity (Wildman–Crippen MR) is 120 cm³/mol. The van der Waals surface area contributed by atoms with Crippen LogP contribution in [0.25, 0.3) is 0 Å². The first-order valence-corrected chi connectivity index (χ1v) is 12.6. The van der Waals surface area contributed by atoms with Crippen molar-refractivity contribution in [2.75, 3.05) is 18.4 Å². The summed E-state index contributed by atoms with van der Waals surface area (Å²) >= 11 is 1.59. The maximum absolute atomic E-state index is 12.9. The topological polar surface area (TPSA) is 78.5 Å². The van der Waals surface area contributed by atoms with Gasteiger partial charge < -0.3 is 5.32 Å². The Morgan fingerprint density at radius 2 is 1.87 bits per heavy atom. The molecule has 0 radical (unpaired) electrons. The van der Waals surface area contributed by atoms with Gasteiger partial charge in [0.1, 0.15) is 0 Å². The largest absolute Gasteiger partial charge is 0.325 e. The SMILES string of the molecule is C[C@@H]1CC(=O)Nc2cc(S(=O)(=O)NC3CCN(Cc4ccccc4)CC3)ccc2S1. The third kappa shape index (κ3) is 5.24. The molecule has 2 aromatic carbocycles. The van der Waals surface area contributed by atoms with Gasteiger partial charge in [-0.1, -0.05) is 37.3 Å². The second kappa shape index (κ2) is 9.09. The van der Waals surface area contributed by atoms with Crippen LogP contribution in [0.15, 0.2) is 58.3 Å². The minimum Gasteiger partial charge on any atom is -0.325 e. The fourth-order valence-corrected chi connectivity index (χ4v) is 6.32. The Morgan fingerprint density at radius 1 is 1.13 bits per heavy atom. The van der Waals surface area contributed by atoms with Crippen LogP contribution in [0.5, 0.6) is 0 Å². The van der Waals surface area contributed by atoms with E-state index < -0.39 is 10.0 Å². The highest BCUT2D eigenvalue weighted by atomic mass is 32.2. The van der Waals surface area contributed by atoms with E-state index in [4.69, 9.17) is 0 Å². The van der Waals surface area contributed by atoms with Gasteiger partial charge in [0.2, 0.25) is 15.9 Å². The summed E-state index contributed by atoms with van der Waals surface area (Å²) in [5.74, 6) is -0.0814. The average molecular weight is 446 g/mol. The first-order chi connectivity index (χ1) is 14.4. The first-order valence-electron chi connectivity index (χ1n) is 10.3. The smallest absolute Gasteiger partial charge is 0.240 e. The number of fused-ring (bicyclic) bond motifs is 1. The van der Waals surface area contributed by atoms with Crippen molar-refractivity contribution in [3.05, 3.63) is 54.1 Å². The van der Waals surface area contributed by atoms with Crippen LogP contribution in [-0.2, 0) is 21.4 Å². The van der Waals surface area contributed by atoms with Crippen molar-refractivity contribution in [1.29, 1.82) is 0 Å². The fraction of sp³-hybridized carbons (Fsp3) is 0.409. The molecule has 0 saturated carbocycles. The van der Waals surface area contributed by atoms with Crippen LogP contribution >= 0.6 is 11.8 Å². The van der Waals surface area contributed by atoms with Gasteiger partial charge in [0, 0.05) is 42.2 Å². The van der Waals surface area contributed by atoms with Gasteiger partial charge in [0.05, 0.1) is 10.6 Å². The summed E-state index contributed by atoms with van der Waals surface area (Å²) in [4.78, 5) is 15.5. The number of amides is 1. The Kier molecular flexibility index (Phi) is 6.48. The van der Waals surface area contributed by atoms with Gasteiger partial charge >= 0.3 is 0 Å². The number of anilines is 1. The molecular weight excluding hydrogens is 418 g/mol. The van der Waals surface area contributed by atoms with E-state index in [0.29, 0.717) is 12.1 Å². The molecule has 1 fully saturated rings. The molecule has 4 rings (SSSR count). The monoisotopic (exact) mass is 445 g/mol. The van der Waals surface area contributed by atoms with Crippen LogP contribution in [0.3, 0.4) is 0 Å². The predicted octanol–water partition coefficient (Wildman–Crippen LogP) is 3.45. The number of rotatable bonds is 5.